The van der Waals surface area contributed by atoms with Crippen LogP contribution >= 0.6 is 0 Å². The molecular formula is C16H27NO2. The number of aliphatic hydroxyl groups excluding tert-OH is 1. The minimum absolute atomic E-state index is 0.381. The Kier molecular flexibility index (Phi) is 5.67. The number of benzene rings is 1. The van der Waals surface area contributed by atoms with E-state index in [0.29, 0.717) is 12.0 Å². The van der Waals surface area contributed by atoms with Gasteiger partial charge < -0.3 is 14.7 Å². The number of hydrogen-bond donors (Lipinski definition) is 1. The number of ether oxygens (including phenoxy) is 1. The fourth-order valence-corrected chi connectivity index (χ4v) is 2.36. The van der Waals surface area contributed by atoms with E-state index < -0.39 is 6.10 Å². The molecule has 1 aromatic carbocycles. The standard InChI is InChI=1S/C16H27NO2/c1-11(2)10-17(12(3)4)14-8-7-9-15(19-6)16(14)13(5)18/h7-9,11-13,18H,10H2,1-6H3/t13-/m0/s1. The summed E-state index contributed by atoms with van der Waals surface area (Å²) in [6, 6.07) is 6.33. The van der Waals surface area contributed by atoms with Crippen LogP contribution in [0.4, 0.5) is 5.69 Å². The average molecular weight is 265 g/mol. The van der Waals surface area contributed by atoms with Gasteiger partial charge in [0.1, 0.15) is 5.75 Å². The zero-order valence-corrected chi connectivity index (χ0v) is 13.0. The Morgan fingerprint density at radius 1 is 1.16 bits per heavy atom. The number of rotatable bonds is 6. The van der Waals surface area contributed by atoms with Crippen molar-refractivity contribution in [2.24, 2.45) is 5.92 Å². The highest BCUT2D eigenvalue weighted by Crippen LogP contribution is 2.35. The van der Waals surface area contributed by atoms with E-state index in [9.17, 15) is 5.11 Å². The Labute approximate surface area is 117 Å². The molecule has 19 heavy (non-hydrogen) atoms. The minimum Gasteiger partial charge on any atom is -0.496 e. The summed E-state index contributed by atoms with van der Waals surface area (Å²) < 4.78 is 5.40. The summed E-state index contributed by atoms with van der Waals surface area (Å²) in [6.07, 6.45) is -0.542. The molecule has 0 bridgehead atoms. The topological polar surface area (TPSA) is 32.7 Å². The summed E-state index contributed by atoms with van der Waals surface area (Å²) in [4.78, 5) is 2.33. The Balaban J connectivity index is 3.29. The molecule has 0 radical (unpaired) electrons. The highest BCUT2D eigenvalue weighted by atomic mass is 16.5. The van der Waals surface area contributed by atoms with Gasteiger partial charge in [0.2, 0.25) is 0 Å². The molecule has 0 aliphatic carbocycles. The van der Waals surface area contributed by atoms with Crippen LogP contribution in [0.15, 0.2) is 18.2 Å². The van der Waals surface area contributed by atoms with E-state index in [1.54, 1.807) is 14.0 Å². The second-order valence-electron chi connectivity index (χ2n) is 5.71. The van der Waals surface area contributed by atoms with Gasteiger partial charge in [-0.25, -0.2) is 0 Å². The molecule has 0 aliphatic heterocycles. The summed E-state index contributed by atoms with van der Waals surface area (Å²) in [7, 11) is 1.65. The molecule has 0 fully saturated rings. The molecule has 1 aromatic rings. The van der Waals surface area contributed by atoms with Crippen LogP contribution in [0.25, 0.3) is 0 Å². The van der Waals surface area contributed by atoms with Gasteiger partial charge in [-0.1, -0.05) is 19.9 Å². The van der Waals surface area contributed by atoms with Gasteiger partial charge in [0, 0.05) is 23.8 Å². The molecule has 0 saturated heterocycles. The molecule has 3 heteroatoms. The summed E-state index contributed by atoms with van der Waals surface area (Å²) in [5.41, 5.74) is 1.94. The smallest absolute Gasteiger partial charge is 0.126 e. The monoisotopic (exact) mass is 265 g/mol. The van der Waals surface area contributed by atoms with Crippen molar-refractivity contribution in [2.75, 3.05) is 18.6 Å². The lowest BCUT2D eigenvalue weighted by Crippen LogP contribution is -2.35. The third-order valence-electron chi connectivity index (χ3n) is 3.18. The summed E-state index contributed by atoms with van der Waals surface area (Å²) in [5.74, 6) is 1.32. The molecule has 3 nitrogen and oxygen atoms in total. The maximum Gasteiger partial charge on any atom is 0.126 e. The zero-order chi connectivity index (χ0) is 14.6. The van der Waals surface area contributed by atoms with E-state index in [2.05, 4.69) is 38.7 Å². The Morgan fingerprint density at radius 2 is 1.79 bits per heavy atom. The number of aliphatic hydroxyl groups is 1. The summed E-state index contributed by atoms with van der Waals surface area (Å²) in [6.45, 7) is 11.5. The van der Waals surface area contributed by atoms with Crippen molar-refractivity contribution in [1.29, 1.82) is 0 Å². The number of nitrogens with zero attached hydrogens (tertiary/aromatic N) is 1. The Morgan fingerprint density at radius 3 is 2.21 bits per heavy atom. The van der Waals surface area contributed by atoms with E-state index in [1.807, 2.05) is 12.1 Å². The van der Waals surface area contributed by atoms with E-state index in [0.717, 1.165) is 23.5 Å². The van der Waals surface area contributed by atoms with Crippen LogP contribution in [-0.2, 0) is 0 Å². The van der Waals surface area contributed by atoms with Gasteiger partial charge in [-0.3, -0.25) is 0 Å². The number of methoxy groups -OCH3 is 1. The van der Waals surface area contributed by atoms with Crippen molar-refractivity contribution in [3.8, 4) is 5.75 Å². The van der Waals surface area contributed by atoms with Gasteiger partial charge in [-0.05, 0) is 38.8 Å². The SMILES string of the molecule is COc1cccc(N(CC(C)C)C(C)C)c1[C@H](C)O. The Bertz CT molecular complexity index is 400. The summed E-state index contributed by atoms with van der Waals surface area (Å²) in [5, 5.41) is 10.1. The molecule has 1 N–H and O–H groups in total. The van der Waals surface area contributed by atoms with E-state index in [4.69, 9.17) is 4.74 Å². The number of anilines is 1. The quantitative estimate of drug-likeness (QED) is 0.852. The third-order valence-corrected chi connectivity index (χ3v) is 3.18. The van der Waals surface area contributed by atoms with Crippen molar-refractivity contribution < 1.29 is 9.84 Å². The highest BCUT2D eigenvalue weighted by molar-refractivity contribution is 5.61. The molecule has 0 aliphatic rings. The van der Waals surface area contributed by atoms with Crippen molar-refractivity contribution in [2.45, 2.75) is 46.8 Å². The Hall–Kier alpha value is -1.22. The van der Waals surface area contributed by atoms with Crippen LogP contribution in [0.3, 0.4) is 0 Å². The minimum atomic E-state index is -0.542. The fraction of sp³-hybridized carbons (Fsp3) is 0.625. The fourth-order valence-electron chi connectivity index (χ4n) is 2.36. The van der Waals surface area contributed by atoms with E-state index in [1.165, 1.54) is 0 Å². The molecule has 0 amide bonds. The van der Waals surface area contributed by atoms with Gasteiger partial charge in [0.15, 0.2) is 0 Å². The van der Waals surface area contributed by atoms with Gasteiger partial charge in [-0.2, -0.15) is 0 Å². The first kappa shape index (κ1) is 15.8. The summed E-state index contributed by atoms with van der Waals surface area (Å²) >= 11 is 0. The van der Waals surface area contributed by atoms with Crippen molar-refractivity contribution >= 4 is 5.69 Å². The largest absolute Gasteiger partial charge is 0.496 e. The van der Waals surface area contributed by atoms with E-state index >= 15 is 0 Å². The van der Waals surface area contributed by atoms with Gasteiger partial charge in [0.05, 0.1) is 13.2 Å². The number of hydrogen-bond acceptors (Lipinski definition) is 3. The molecular weight excluding hydrogens is 238 g/mol. The molecule has 1 rings (SSSR count). The maximum absolute atomic E-state index is 10.1. The lowest BCUT2D eigenvalue weighted by Gasteiger charge is -2.33. The first-order valence-electron chi connectivity index (χ1n) is 7.00. The van der Waals surface area contributed by atoms with Gasteiger partial charge >= 0.3 is 0 Å². The lowest BCUT2D eigenvalue weighted by molar-refractivity contribution is 0.194. The van der Waals surface area contributed by atoms with E-state index in [-0.39, 0.29) is 0 Å². The second kappa shape index (κ2) is 6.80. The van der Waals surface area contributed by atoms with Gasteiger partial charge in [-0.15, -0.1) is 0 Å². The second-order valence-corrected chi connectivity index (χ2v) is 5.71. The molecule has 0 unspecified atom stereocenters. The molecule has 0 saturated carbocycles. The molecule has 0 spiro atoms. The predicted octanol–water partition coefficient (Wildman–Crippen LogP) is 3.62. The van der Waals surface area contributed by atoms with Crippen LogP contribution in [0.5, 0.6) is 5.75 Å². The van der Waals surface area contributed by atoms with Crippen LogP contribution in [-0.4, -0.2) is 24.8 Å². The third kappa shape index (κ3) is 3.87. The molecule has 1 atom stereocenters. The maximum atomic E-state index is 10.1. The van der Waals surface area contributed by atoms with Crippen molar-refractivity contribution in [3.05, 3.63) is 23.8 Å². The zero-order valence-electron chi connectivity index (χ0n) is 13.0. The average Bonchev–Trinajstić information content (AvgIpc) is 2.34. The lowest BCUT2D eigenvalue weighted by atomic mass is 10.0. The first-order chi connectivity index (χ1) is 8.88. The van der Waals surface area contributed by atoms with Crippen LogP contribution in [0.2, 0.25) is 0 Å². The molecule has 108 valence electrons. The first-order valence-corrected chi connectivity index (χ1v) is 7.00. The molecule has 0 aromatic heterocycles. The molecule has 0 heterocycles. The highest BCUT2D eigenvalue weighted by Gasteiger charge is 2.21. The normalized spacial score (nSPS) is 12.9. The van der Waals surface area contributed by atoms with Crippen LogP contribution < -0.4 is 9.64 Å². The predicted molar refractivity (Wildman–Crippen MR) is 80.9 cm³/mol. The van der Waals surface area contributed by atoms with Crippen molar-refractivity contribution in [1.82, 2.24) is 0 Å². The van der Waals surface area contributed by atoms with Crippen molar-refractivity contribution in [3.63, 3.8) is 0 Å². The van der Waals surface area contributed by atoms with Crippen LogP contribution in [0.1, 0.15) is 46.3 Å². The van der Waals surface area contributed by atoms with Crippen LogP contribution in [0, 0.1) is 5.92 Å². The van der Waals surface area contributed by atoms with Gasteiger partial charge in [0.25, 0.3) is 0 Å².